The molecule has 2 aromatic heterocycles. The Kier molecular flexibility index (Phi) is 19.5. The number of hydrogen-bond donors (Lipinski definition) is 2. The number of nitrogens with one attached hydrogen (secondary N) is 2. The number of nitro groups is 1. The van der Waals surface area contributed by atoms with E-state index < -0.39 is 21.4 Å². The second kappa shape index (κ2) is 20.5. The van der Waals surface area contributed by atoms with Crippen LogP contribution in [0.1, 0.15) is 17.0 Å². The van der Waals surface area contributed by atoms with Crippen LogP contribution < -0.4 is 10.6 Å². The minimum atomic E-state index is -5.17. The van der Waals surface area contributed by atoms with Gasteiger partial charge in [0.25, 0.3) is 5.69 Å². The van der Waals surface area contributed by atoms with Crippen LogP contribution in [0.2, 0.25) is 0 Å². The third-order valence-corrected chi connectivity index (χ3v) is 5.20. The molecule has 0 saturated carbocycles. The predicted octanol–water partition coefficient (Wildman–Crippen LogP) is 1.22. The first-order valence-corrected chi connectivity index (χ1v) is 13.0. The summed E-state index contributed by atoms with van der Waals surface area (Å²) in [5, 5.41) is 16.5. The van der Waals surface area contributed by atoms with Crippen molar-refractivity contribution in [3.8, 4) is 0 Å². The molecule has 2 heterocycles. The zero-order valence-electron chi connectivity index (χ0n) is 22.9. The summed E-state index contributed by atoms with van der Waals surface area (Å²) in [6.07, 6.45) is 3.53. The van der Waals surface area contributed by atoms with Gasteiger partial charge >= 0.3 is 6.03 Å². The van der Waals surface area contributed by atoms with Crippen molar-refractivity contribution < 1.29 is 60.7 Å². The molecular formula is C26H32CuN6O10S. The largest absolute Gasteiger partial charge is 0.759 e. The normalized spacial score (nSPS) is 9.80. The van der Waals surface area contributed by atoms with E-state index in [1.807, 2.05) is 60.7 Å². The molecule has 1 radical (unpaired) electrons. The molecule has 4 aromatic rings. The maximum Gasteiger partial charge on any atom is 0.323 e. The fraction of sp³-hybridized carbons (Fsp3) is 0.115. The third kappa shape index (κ3) is 15.8. The van der Waals surface area contributed by atoms with Crippen LogP contribution in [0.3, 0.4) is 0 Å². The Balaban J connectivity index is 0. The van der Waals surface area contributed by atoms with Crippen LogP contribution >= 0.6 is 0 Å². The summed E-state index contributed by atoms with van der Waals surface area (Å²) in [6, 6.07) is 24.5. The van der Waals surface area contributed by atoms with E-state index in [0.29, 0.717) is 31.0 Å². The van der Waals surface area contributed by atoms with Crippen molar-refractivity contribution in [1.29, 1.82) is 0 Å². The number of nitro benzene ring substituents is 1. The number of carbonyl (C=O) groups is 1. The van der Waals surface area contributed by atoms with Gasteiger partial charge in [0.1, 0.15) is 0 Å². The average molecular weight is 684 g/mol. The predicted molar refractivity (Wildman–Crippen MR) is 157 cm³/mol. The molecule has 0 atom stereocenters. The van der Waals surface area contributed by atoms with Crippen molar-refractivity contribution in [3.63, 3.8) is 0 Å². The van der Waals surface area contributed by atoms with E-state index in [0.717, 1.165) is 17.0 Å². The fourth-order valence-corrected chi connectivity index (χ4v) is 3.61. The molecule has 0 bridgehead atoms. The van der Waals surface area contributed by atoms with Gasteiger partial charge < -0.3 is 36.2 Å². The quantitative estimate of drug-likeness (QED) is 0.0634. The zero-order chi connectivity index (χ0) is 29.0. The zero-order valence-corrected chi connectivity index (χ0v) is 24.6. The molecule has 0 unspecified atom stereocenters. The van der Waals surface area contributed by atoms with Crippen molar-refractivity contribution in [2.75, 3.05) is 10.6 Å². The van der Waals surface area contributed by atoms with Gasteiger partial charge in [-0.05, 0) is 42.0 Å². The molecule has 18 heteroatoms. The molecule has 243 valence electrons. The number of non-ortho nitro benzene ring substituents is 1. The molecule has 0 aliphatic heterocycles. The van der Waals surface area contributed by atoms with Crippen molar-refractivity contribution in [3.05, 3.63) is 124 Å². The van der Waals surface area contributed by atoms with E-state index in [1.165, 1.54) is 18.2 Å². The van der Waals surface area contributed by atoms with Gasteiger partial charge in [-0.2, -0.15) is 0 Å². The number of hydrogen-bond acceptors (Lipinski definition) is 10. The number of amides is 2. The second-order valence-corrected chi connectivity index (χ2v) is 9.06. The molecule has 0 aliphatic rings. The van der Waals surface area contributed by atoms with E-state index in [2.05, 4.69) is 25.5 Å². The van der Waals surface area contributed by atoms with E-state index in [1.54, 1.807) is 18.5 Å². The van der Waals surface area contributed by atoms with Crippen LogP contribution in [0.5, 0.6) is 0 Å². The van der Waals surface area contributed by atoms with Crippen molar-refractivity contribution >= 4 is 33.5 Å². The van der Waals surface area contributed by atoms with Crippen LogP contribution in [0.25, 0.3) is 0 Å². The number of pyridine rings is 2. The van der Waals surface area contributed by atoms with Crippen LogP contribution in [0.4, 0.5) is 21.9 Å². The van der Waals surface area contributed by atoms with Gasteiger partial charge in [0, 0.05) is 83.0 Å². The molecule has 0 aliphatic carbocycles. The number of rotatable bonds is 9. The van der Waals surface area contributed by atoms with E-state index in [4.69, 9.17) is 17.5 Å². The number of nitrogens with zero attached hydrogens (tertiary/aromatic N) is 4. The molecule has 2 aromatic carbocycles. The molecule has 16 nitrogen and oxygen atoms in total. The molecule has 4 rings (SSSR count). The number of urea groups is 1. The minimum Gasteiger partial charge on any atom is -0.759 e. The number of benzene rings is 2. The topological polar surface area (TPSA) is 291 Å². The van der Waals surface area contributed by atoms with E-state index in [-0.39, 0.29) is 39.2 Å². The Hall–Kier alpha value is -4.36. The molecule has 0 spiro atoms. The van der Waals surface area contributed by atoms with Crippen molar-refractivity contribution in [1.82, 2.24) is 14.9 Å². The number of para-hydroxylation sites is 1. The van der Waals surface area contributed by atoms with Gasteiger partial charge in [0.15, 0.2) is 0 Å². The van der Waals surface area contributed by atoms with Gasteiger partial charge in [-0.3, -0.25) is 33.4 Å². The van der Waals surface area contributed by atoms with Crippen LogP contribution in [-0.2, 0) is 58.1 Å². The Bertz CT molecular complexity index is 1490. The summed E-state index contributed by atoms with van der Waals surface area (Å²) >= 11 is 0. The Morgan fingerprint density at radius 1 is 0.795 bits per heavy atom. The molecule has 2 amide bonds. The molecule has 0 fully saturated rings. The first-order chi connectivity index (χ1) is 19.1. The summed E-state index contributed by atoms with van der Waals surface area (Å²) < 4.78 is 34.1. The van der Waals surface area contributed by atoms with Gasteiger partial charge in [0.2, 0.25) is 0 Å². The second-order valence-electron chi connectivity index (χ2n) is 8.24. The molecule has 10 N–H and O–H groups in total. The number of anilines is 2. The van der Waals surface area contributed by atoms with Crippen LogP contribution in [0.15, 0.2) is 97.3 Å². The summed E-state index contributed by atoms with van der Waals surface area (Å²) in [7, 11) is -5.17. The summed E-state index contributed by atoms with van der Waals surface area (Å²) in [5.74, 6) is 0. The smallest absolute Gasteiger partial charge is 0.323 e. The summed E-state index contributed by atoms with van der Waals surface area (Å²) in [4.78, 5) is 34.3. The molecule has 0 saturated heterocycles. The average Bonchev–Trinajstić information content (AvgIpc) is 2.90. The van der Waals surface area contributed by atoms with Gasteiger partial charge in [-0.25, -0.2) is 4.79 Å². The summed E-state index contributed by atoms with van der Waals surface area (Å²) in [6.45, 7) is 1.75. The SMILES string of the molecule is O.O=C(Nc1cccc([N+](=O)[O-])c1)Nc1ccccc1CN(Cc1ccccn1)Cc1ccccn1.O=S(=O)([O-])[O-].[Cu].[OH3+].[OH3+]. The van der Waals surface area contributed by atoms with E-state index in [9.17, 15) is 14.9 Å². The number of aromatic nitrogens is 2. The standard InChI is InChI=1S/C26H24N6O3.Cu.H2O4S.3H2O/c33-26(29-21-11-7-12-24(16-21)32(34)35)30-25-13-2-1-8-20(25)17-31(18-22-9-3-5-14-27-22)19-23-10-4-6-15-28-23;;1-5(2,3)4;;;/h1-16H,17-19H2,(H2,29,30,33);;(H2,1,2,3,4);3*1H2. The Morgan fingerprint density at radius 2 is 1.32 bits per heavy atom. The van der Waals surface area contributed by atoms with Crippen molar-refractivity contribution in [2.24, 2.45) is 0 Å². The minimum absolute atomic E-state index is 0. The Morgan fingerprint density at radius 3 is 1.82 bits per heavy atom. The van der Waals surface area contributed by atoms with Crippen molar-refractivity contribution in [2.45, 2.75) is 19.6 Å². The van der Waals surface area contributed by atoms with Gasteiger partial charge in [-0.15, -0.1) is 0 Å². The maximum atomic E-state index is 12.7. The number of carbonyl (C=O) groups excluding carboxylic acids is 1. The maximum absolute atomic E-state index is 12.7. The third-order valence-electron chi connectivity index (χ3n) is 5.20. The van der Waals surface area contributed by atoms with Gasteiger partial charge in [-0.1, -0.05) is 36.4 Å². The van der Waals surface area contributed by atoms with Gasteiger partial charge in [0.05, 0.1) is 16.3 Å². The monoisotopic (exact) mass is 683 g/mol. The Labute approximate surface area is 263 Å². The van der Waals surface area contributed by atoms with Crippen LogP contribution in [-0.4, -0.2) is 48.8 Å². The molecule has 44 heavy (non-hydrogen) atoms. The van der Waals surface area contributed by atoms with E-state index >= 15 is 0 Å². The first-order valence-electron chi connectivity index (χ1n) is 11.7. The van der Waals surface area contributed by atoms with Crippen LogP contribution in [0, 0.1) is 10.1 Å². The fourth-order valence-electron chi connectivity index (χ4n) is 3.61. The summed E-state index contributed by atoms with van der Waals surface area (Å²) in [5.41, 5.74) is 3.65. The first kappa shape index (κ1) is 41.8. The molecular weight excluding hydrogens is 652 g/mol.